The van der Waals surface area contributed by atoms with E-state index in [2.05, 4.69) is 0 Å². The Morgan fingerprint density at radius 2 is 1.94 bits per heavy atom. The van der Waals surface area contributed by atoms with Gasteiger partial charge in [-0.1, -0.05) is 6.07 Å². The van der Waals surface area contributed by atoms with Gasteiger partial charge in [0.15, 0.2) is 9.84 Å². The van der Waals surface area contributed by atoms with Gasteiger partial charge in [-0.3, -0.25) is 0 Å². The van der Waals surface area contributed by atoms with Crippen molar-refractivity contribution in [1.29, 1.82) is 0 Å². The van der Waals surface area contributed by atoms with Crippen molar-refractivity contribution >= 4 is 21.4 Å². The molecular formula is C12H15ClO2S. The molecule has 0 fully saturated rings. The normalized spacial score (nSPS) is 15.1. The van der Waals surface area contributed by atoms with Gasteiger partial charge >= 0.3 is 0 Å². The zero-order valence-electron chi connectivity index (χ0n) is 9.08. The fourth-order valence-electron chi connectivity index (χ4n) is 2.10. The second-order valence-corrected chi connectivity index (χ2v) is 6.63. The summed E-state index contributed by atoms with van der Waals surface area (Å²) in [5.74, 6) is 0.541. The van der Waals surface area contributed by atoms with Crippen molar-refractivity contribution in [2.75, 3.05) is 11.6 Å². The molecule has 0 heterocycles. The first kappa shape index (κ1) is 11.9. The van der Waals surface area contributed by atoms with Crippen molar-refractivity contribution in [3.05, 3.63) is 29.3 Å². The van der Waals surface area contributed by atoms with Crippen LogP contribution in [0.5, 0.6) is 0 Å². The third-order valence-electron chi connectivity index (χ3n) is 2.98. The zero-order valence-corrected chi connectivity index (χ0v) is 10.6. The lowest BCUT2D eigenvalue weighted by Crippen LogP contribution is -2.07. The summed E-state index contributed by atoms with van der Waals surface area (Å²) in [6.07, 6.45) is 3.74. The fourth-order valence-corrected chi connectivity index (χ4v) is 3.75. The Morgan fingerprint density at radius 1 is 1.19 bits per heavy atom. The van der Waals surface area contributed by atoms with Crippen molar-refractivity contribution in [2.45, 2.75) is 30.6 Å². The van der Waals surface area contributed by atoms with Crippen molar-refractivity contribution < 1.29 is 8.42 Å². The van der Waals surface area contributed by atoms with Crippen LogP contribution in [-0.4, -0.2) is 20.1 Å². The number of hydrogen-bond acceptors (Lipinski definition) is 2. The maximum absolute atomic E-state index is 11.9. The van der Waals surface area contributed by atoms with Crippen molar-refractivity contribution in [1.82, 2.24) is 0 Å². The molecule has 0 bridgehead atoms. The maximum Gasteiger partial charge on any atom is 0.178 e. The lowest BCUT2D eigenvalue weighted by Gasteiger charge is -2.05. The molecule has 16 heavy (non-hydrogen) atoms. The van der Waals surface area contributed by atoms with E-state index >= 15 is 0 Å². The van der Waals surface area contributed by atoms with Gasteiger partial charge in [-0.2, -0.15) is 0 Å². The molecule has 0 amide bonds. The molecule has 0 unspecified atom stereocenters. The van der Waals surface area contributed by atoms with Crippen LogP contribution in [0.1, 0.15) is 24.0 Å². The molecule has 4 heteroatoms. The van der Waals surface area contributed by atoms with E-state index in [1.54, 1.807) is 6.07 Å². The molecule has 0 aromatic heterocycles. The Morgan fingerprint density at radius 3 is 2.69 bits per heavy atom. The van der Waals surface area contributed by atoms with Crippen LogP contribution in [0.3, 0.4) is 0 Å². The van der Waals surface area contributed by atoms with E-state index in [1.807, 2.05) is 12.1 Å². The molecule has 2 nitrogen and oxygen atoms in total. The Kier molecular flexibility index (Phi) is 3.55. The predicted octanol–water partition coefficient (Wildman–Crippen LogP) is 2.58. The van der Waals surface area contributed by atoms with Gasteiger partial charge in [0.25, 0.3) is 0 Å². The van der Waals surface area contributed by atoms with E-state index in [-0.39, 0.29) is 5.75 Å². The van der Waals surface area contributed by atoms with Gasteiger partial charge in [-0.25, -0.2) is 8.42 Å². The molecule has 0 saturated carbocycles. The standard InChI is InChI=1S/C12H15ClO2S/c13-7-2-8-16(14,15)12-6-5-10-3-1-4-11(10)9-12/h5-6,9H,1-4,7-8H2. The van der Waals surface area contributed by atoms with E-state index in [9.17, 15) is 8.42 Å². The molecule has 88 valence electrons. The summed E-state index contributed by atoms with van der Waals surface area (Å²) in [6.45, 7) is 0. The van der Waals surface area contributed by atoms with E-state index < -0.39 is 9.84 Å². The highest BCUT2D eigenvalue weighted by Gasteiger charge is 2.17. The first-order valence-corrected chi connectivity index (χ1v) is 7.73. The molecule has 0 N–H and O–H groups in total. The van der Waals surface area contributed by atoms with Crippen molar-refractivity contribution in [3.8, 4) is 0 Å². The highest BCUT2D eigenvalue weighted by molar-refractivity contribution is 7.91. The van der Waals surface area contributed by atoms with Crippen molar-refractivity contribution in [2.24, 2.45) is 0 Å². The maximum atomic E-state index is 11.9. The predicted molar refractivity (Wildman–Crippen MR) is 65.9 cm³/mol. The molecule has 1 aliphatic carbocycles. The van der Waals surface area contributed by atoms with Gasteiger partial charge in [0, 0.05) is 5.88 Å². The molecule has 1 aromatic rings. The van der Waals surface area contributed by atoms with Crippen LogP contribution in [-0.2, 0) is 22.7 Å². The molecule has 1 aromatic carbocycles. The number of rotatable bonds is 4. The number of hydrogen-bond donors (Lipinski definition) is 0. The van der Waals surface area contributed by atoms with Crippen LogP contribution in [0.15, 0.2) is 23.1 Å². The summed E-state index contributed by atoms with van der Waals surface area (Å²) in [6, 6.07) is 5.52. The van der Waals surface area contributed by atoms with Gasteiger partial charge in [0.1, 0.15) is 0 Å². The smallest absolute Gasteiger partial charge is 0.178 e. The summed E-state index contributed by atoms with van der Waals surface area (Å²) in [4.78, 5) is 0.457. The Hall–Kier alpha value is -0.540. The van der Waals surface area contributed by atoms with Crippen LogP contribution < -0.4 is 0 Å². The highest BCUT2D eigenvalue weighted by Crippen LogP contribution is 2.25. The second kappa shape index (κ2) is 4.76. The van der Waals surface area contributed by atoms with Crippen LogP contribution in [0.2, 0.25) is 0 Å². The second-order valence-electron chi connectivity index (χ2n) is 4.15. The van der Waals surface area contributed by atoms with Gasteiger partial charge in [0.05, 0.1) is 10.6 Å². The Bertz CT molecular complexity index is 480. The summed E-state index contributed by atoms with van der Waals surface area (Å²) < 4.78 is 23.9. The zero-order chi connectivity index (χ0) is 11.6. The van der Waals surface area contributed by atoms with Crippen molar-refractivity contribution in [3.63, 3.8) is 0 Å². The van der Waals surface area contributed by atoms with E-state index in [1.165, 1.54) is 11.1 Å². The van der Waals surface area contributed by atoms with Crippen LogP contribution in [0.25, 0.3) is 0 Å². The molecule has 0 saturated heterocycles. The number of benzene rings is 1. The minimum absolute atomic E-state index is 0.148. The minimum Gasteiger partial charge on any atom is -0.224 e. The first-order chi connectivity index (χ1) is 7.63. The van der Waals surface area contributed by atoms with Crippen LogP contribution >= 0.6 is 11.6 Å². The lowest BCUT2D eigenvalue weighted by atomic mass is 10.1. The van der Waals surface area contributed by atoms with Gasteiger partial charge < -0.3 is 0 Å². The summed E-state index contributed by atoms with van der Waals surface area (Å²) in [5, 5.41) is 0. The SMILES string of the molecule is O=S(=O)(CCCCl)c1ccc2c(c1)CCC2. The number of halogens is 1. The molecule has 0 radical (unpaired) electrons. The molecular weight excluding hydrogens is 244 g/mol. The quantitative estimate of drug-likeness (QED) is 0.778. The average molecular weight is 259 g/mol. The summed E-state index contributed by atoms with van der Waals surface area (Å²) in [5.41, 5.74) is 2.50. The number of fused-ring (bicyclic) bond motifs is 1. The van der Waals surface area contributed by atoms with Crippen LogP contribution in [0, 0.1) is 0 Å². The molecule has 2 rings (SSSR count). The first-order valence-electron chi connectivity index (χ1n) is 5.54. The number of aryl methyl sites for hydroxylation is 2. The summed E-state index contributed by atoms with van der Waals surface area (Å²) in [7, 11) is -3.13. The van der Waals surface area contributed by atoms with Gasteiger partial charge in [-0.05, 0) is 48.9 Å². The lowest BCUT2D eigenvalue weighted by molar-refractivity contribution is 0.594. The fraction of sp³-hybridized carbons (Fsp3) is 0.500. The van der Waals surface area contributed by atoms with Crippen LogP contribution in [0.4, 0.5) is 0 Å². The monoisotopic (exact) mass is 258 g/mol. The third kappa shape index (κ3) is 2.41. The molecule has 1 aliphatic rings. The average Bonchev–Trinajstić information content (AvgIpc) is 2.73. The Labute approximate surface area is 102 Å². The largest absolute Gasteiger partial charge is 0.224 e. The highest BCUT2D eigenvalue weighted by atomic mass is 35.5. The van der Waals surface area contributed by atoms with Gasteiger partial charge in [-0.15, -0.1) is 11.6 Å². The van der Waals surface area contributed by atoms with E-state index in [4.69, 9.17) is 11.6 Å². The summed E-state index contributed by atoms with van der Waals surface area (Å²) >= 11 is 5.52. The van der Waals surface area contributed by atoms with Gasteiger partial charge in [0.2, 0.25) is 0 Å². The number of sulfone groups is 1. The molecule has 0 atom stereocenters. The number of alkyl halides is 1. The van der Waals surface area contributed by atoms with E-state index in [0.29, 0.717) is 17.2 Å². The molecule has 0 spiro atoms. The molecule has 0 aliphatic heterocycles. The third-order valence-corrected chi connectivity index (χ3v) is 5.04. The Balaban J connectivity index is 2.27. The van der Waals surface area contributed by atoms with E-state index in [0.717, 1.165) is 19.3 Å². The topological polar surface area (TPSA) is 34.1 Å². The minimum atomic E-state index is -3.13.